The highest BCUT2D eigenvalue weighted by Crippen LogP contribution is 2.28. The number of nitrogens with zero attached hydrogens (tertiary/aromatic N) is 3. The summed E-state index contributed by atoms with van der Waals surface area (Å²) in [6.07, 6.45) is -2.76. The second kappa shape index (κ2) is 5.63. The Labute approximate surface area is 118 Å². The number of halogens is 3. The Morgan fingerprint density at radius 2 is 2.14 bits per heavy atom. The molecule has 8 heteroatoms. The first-order chi connectivity index (χ1) is 9.84. The zero-order valence-corrected chi connectivity index (χ0v) is 11.3. The summed E-state index contributed by atoms with van der Waals surface area (Å²) in [5.74, 6) is -3.77. The van der Waals surface area contributed by atoms with E-state index in [0.29, 0.717) is 12.1 Å². The van der Waals surface area contributed by atoms with Crippen LogP contribution < -0.4 is 0 Å². The lowest BCUT2D eigenvalue weighted by Crippen LogP contribution is -2.27. The van der Waals surface area contributed by atoms with Gasteiger partial charge in [-0.05, 0) is 25.0 Å². The molecule has 0 spiro atoms. The number of hydrogen-bond donors (Lipinski definition) is 0. The Balaban J connectivity index is 2.32. The average molecular weight is 299 g/mol. The van der Waals surface area contributed by atoms with E-state index < -0.39 is 17.9 Å². The highest BCUT2D eigenvalue weighted by molar-refractivity contribution is 5.89. The van der Waals surface area contributed by atoms with Crippen molar-refractivity contribution >= 4 is 5.78 Å². The Morgan fingerprint density at radius 1 is 1.43 bits per heavy atom. The molecule has 0 amide bonds. The second-order valence-corrected chi connectivity index (χ2v) is 4.40. The van der Waals surface area contributed by atoms with Crippen molar-refractivity contribution in [1.82, 2.24) is 15.1 Å². The number of carbonyl (C=O) groups excluding carboxylic acids is 1. The topological polar surface area (TPSA) is 68.9 Å². The van der Waals surface area contributed by atoms with Gasteiger partial charge < -0.3 is 4.52 Å². The summed E-state index contributed by atoms with van der Waals surface area (Å²) < 4.78 is 41.9. The van der Waals surface area contributed by atoms with E-state index >= 15 is 0 Å². The molecule has 0 bridgehead atoms. The molecule has 2 aromatic rings. The van der Waals surface area contributed by atoms with Crippen molar-refractivity contribution in [2.24, 2.45) is 0 Å². The van der Waals surface area contributed by atoms with Crippen LogP contribution in [0.5, 0.6) is 0 Å². The maximum atomic E-state index is 12.4. The number of aromatic nitrogens is 3. The Hall–Kier alpha value is -2.25. The quantitative estimate of drug-likeness (QED) is 0.868. The van der Waals surface area contributed by atoms with E-state index in [0.717, 1.165) is 12.5 Å². The van der Waals surface area contributed by atoms with Crippen LogP contribution in [0.1, 0.15) is 31.2 Å². The van der Waals surface area contributed by atoms with Crippen molar-refractivity contribution in [1.29, 1.82) is 0 Å². The van der Waals surface area contributed by atoms with Crippen LogP contribution in [-0.2, 0) is 11.2 Å². The maximum absolute atomic E-state index is 12.4. The molecule has 0 N–H and O–H groups in total. The van der Waals surface area contributed by atoms with Gasteiger partial charge in [0.25, 0.3) is 0 Å². The highest BCUT2D eigenvalue weighted by Gasteiger charge is 2.44. The van der Waals surface area contributed by atoms with Crippen LogP contribution in [0.3, 0.4) is 0 Å². The Bertz CT molecular complexity index is 652. The number of ketones is 1. The van der Waals surface area contributed by atoms with Gasteiger partial charge in [0.15, 0.2) is 0 Å². The predicted octanol–water partition coefficient (Wildman–Crippen LogP) is 2.93. The van der Waals surface area contributed by atoms with Gasteiger partial charge in [0.05, 0.1) is 0 Å². The van der Waals surface area contributed by atoms with Crippen LogP contribution in [0.2, 0.25) is 0 Å². The van der Waals surface area contributed by atoms with Crippen molar-refractivity contribution in [2.75, 3.05) is 0 Å². The number of rotatable bonds is 4. The number of hydrogen-bond acceptors (Lipinski definition) is 5. The molecule has 21 heavy (non-hydrogen) atoms. The van der Waals surface area contributed by atoms with Gasteiger partial charge in [-0.2, -0.15) is 18.2 Å². The monoisotopic (exact) mass is 299 g/mol. The third-order valence-corrected chi connectivity index (χ3v) is 2.97. The van der Waals surface area contributed by atoms with Gasteiger partial charge in [-0.15, -0.1) is 0 Å². The van der Waals surface area contributed by atoms with Gasteiger partial charge in [0, 0.05) is 6.20 Å². The van der Waals surface area contributed by atoms with Crippen molar-refractivity contribution in [3.05, 3.63) is 29.8 Å². The number of pyridine rings is 1. The van der Waals surface area contributed by atoms with Crippen LogP contribution >= 0.6 is 0 Å². The fraction of sp³-hybridized carbons (Fsp3) is 0.385. The number of aryl methyl sites for hydroxylation is 1. The predicted molar refractivity (Wildman–Crippen MR) is 66.4 cm³/mol. The first-order valence-corrected chi connectivity index (χ1v) is 6.23. The lowest BCUT2D eigenvalue weighted by molar-refractivity contribution is -0.172. The smallest absolute Gasteiger partial charge is 0.338 e. The average Bonchev–Trinajstić information content (AvgIpc) is 2.94. The molecule has 1 atom stereocenters. The zero-order valence-electron chi connectivity index (χ0n) is 11.3. The van der Waals surface area contributed by atoms with Crippen LogP contribution in [-0.4, -0.2) is 27.1 Å². The third kappa shape index (κ3) is 3.09. The fourth-order valence-electron chi connectivity index (χ4n) is 1.79. The zero-order chi connectivity index (χ0) is 15.6. The molecule has 0 fully saturated rings. The lowest BCUT2D eigenvalue weighted by atomic mass is 10.1. The Kier molecular flexibility index (Phi) is 4.06. The summed E-state index contributed by atoms with van der Waals surface area (Å²) in [7, 11) is 0. The summed E-state index contributed by atoms with van der Waals surface area (Å²) in [6, 6.07) is 3.54. The Morgan fingerprint density at radius 3 is 2.76 bits per heavy atom. The number of alkyl halides is 3. The largest absolute Gasteiger partial charge is 0.450 e. The molecule has 112 valence electrons. The van der Waals surface area contributed by atoms with Gasteiger partial charge in [-0.1, -0.05) is 18.1 Å². The van der Waals surface area contributed by atoms with Gasteiger partial charge in [0.1, 0.15) is 11.6 Å². The summed E-state index contributed by atoms with van der Waals surface area (Å²) in [5, 5.41) is 3.61. The SMILES string of the molecule is CCc1cccnc1-c1noc(C(C)C(=O)C(F)(F)F)n1. The van der Waals surface area contributed by atoms with E-state index in [2.05, 4.69) is 15.1 Å². The molecule has 0 aliphatic rings. The molecule has 0 aliphatic heterocycles. The molecular weight excluding hydrogens is 287 g/mol. The molecule has 0 aliphatic carbocycles. The van der Waals surface area contributed by atoms with Crippen molar-refractivity contribution in [3.8, 4) is 11.5 Å². The lowest BCUT2D eigenvalue weighted by Gasteiger charge is -2.08. The third-order valence-electron chi connectivity index (χ3n) is 2.97. The van der Waals surface area contributed by atoms with Crippen LogP contribution in [0.15, 0.2) is 22.9 Å². The summed E-state index contributed by atoms with van der Waals surface area (Å²) >= 11 is 0. The minimum absolute atomic E-state index is 0.0734. The van der Waals surface area contributed by atoms with E-state index in [9.17, 15) is 18.0 Å². The first kappa shape index (κ1) is 15.1. The summed E-state index contributed by atoms with van der Waals surface area (Å²) in [6.45, 7) is 2.98. The van der Waals surface area contributed by atoms with Crippen molar-refractivity contribution < 1.29 is 22.5 Å². The van der Waals surface area contributed by atoms with E-state index in [-0.39, 0.29) is 11.7 Å². The van der Waals surface area contributed by atoms with Gasteiger partial charge >= 0.3 is 6.18 Å². The molecule has 1 unspecified atom stereocenters. The molecular formula is C13H12F3N3O2. The van der Waals surface area contributed by atoms with Crippen molar-refractivity contribution in [3.63, 3.8) is 0 Å². The summed E-state index contributed by atoms with van der Waals surface area (Å²) in [5.41, 5.74) is 1.27. The van der Waals surface area contributed by atoms with E-state index in [1.165, 1.54) is 6.20 Å². The molecule has 2 rings (SSSR count). The maximum Gasteiger partial charge on any atom is 0.450 e. The molecule has 0 saturated heterocycles. The normalized spacial score (nSPS) is 13.2. The minimum Gasteiger partial charge on any atom is -0.338 e. The minimum atomic E-state index is -4.94. The molecule has 2 heterocycles. The second-order valence-electron chi connectivity index (χ2n) is 4.40. The van der Waals surface area contributed by atoms with E-state index in [1.54, 1.807) is 6.07 Å². The first-order valence-electron chi connectivity index (χ1n) is 6.23. The number of carbonyl (C=O) groups is 1. The standard InChI is InChI=1S/C13H12F3N3O2/c1-3-8-5-4-6-17-9(8)11-18-12(21-19-11)7(2)10(20)13(14,15)16/h4-7H,3H2,1-2H3. The number of Topliss-reactive ketones (excluding diaryl/α,β-unsaturated/α-hetero) is 1. The molecule has 2 aromatic heterocycles. The van der Waals surface area contributed by atoms with Crippen LogP contribution in [0.4, 0.5) is 13.2 Å². The molecule has 0 radical (unpaired) electrons. The van der Waals surface area contributed by atoms with E-state index in [1.807, 2.05) is 13.0 Å². The van der Waals surface area contributed by atoms with E-state index in [4.69, 9.17) is 4.52 Å². The molecule has 0 saturated carbocycles. The van der Waals surface area contributed by atoms with Gasteiger partial charge in [-0.25, -0.2) is 0 Å². The van der Waals surface area contributed by atoms with Gasteiger partial charge in [0.2, 0.25) is 17.5 Å². The van der Waals surface area contributed by atoms with Crippen LogP contribution in [0, 0.1) is 0 Å². The fourth-order valence-corrected chi connectivity index (χ4v) is 1.79. The summed E-state index contributed by atoms with van der Waals surface area (Å²) in [4.78, 5) is 19.1. The highest BCUT2D eigenvalue weighted by atomic mass is 19.4. The van der Waals surface area contributed by atoms with Crippen molar-refractivity contribution in [2.45, 2.75) is 32.4 Å². The molecule has 0 aromatic carbocycles. The molecule has 5 nitrogen and oxygen atoms in total. The van der Waals surface area contributed by atoms with Crippen LogP contribution in [0.25, 0.3) is 11.5 Å². The van der Waals surface area contributed by atoms with Gasteiger partial charge in [-0.3, -0.25) is 9.78 Å².